The zero-order chi connectivity index (χ0) is 13.1. The number of hydrogen-bond donors (Lipinski definition) is 1. The molecular formula is C15H22N2O. The van der Waals surface area contributed by atoms with Crippen molar-refractivity contribution in [2.45, 2.75) is 33.2 Å². The molecule has 1 atom stereocenters. The summed E-state index contributed by atoms with van der Waals surface area (Å²) in [6, 6.07) is 6.31. The number of hydrogen-bond acceptors (Lipinski definition) is 2. The van der Waals surface area contributed by atoms with Crippen LogP contribution in [0.1, 0.15) is 34.8 Å². The van der Waals surface area contributed by atoms with Gasteiger partial charge in [-0.1, -0.05) is 12.1 Å². The van der Waals surface area contributed by atoms with Gasteiger partial charge in [-0.2, -0.15) is 0 Å². The van der Waals surface area contributed by atoms with Crippen molar-refractivity contribution in [1.82, 2.24) is 10.2 Å². The summed E-state index contributed by atoms with van der Waals surface area (Å²) >= 11 is 0. The number of carbonyl (C=O) groups excluding carboxylic acids is 1. The second-order valence-electron chi connectivity index (χ2n) is 4.99. The lowest BCUT2D eigenvalue weighted by Crippen LogP contribution is -2.41. The van der Waals surface area contributed by atoms with Gasteiger partial charge in [0.25, 0.3) is 5.91 Å². The number of carbonyl (C=O) groups is 1. The standard InChI is InChI=1S/C15H22N2O/c1-4-17(13-8-9-16-10-13)15(18)14-7-5-6-11(2)12(14)3/h5-7,13,16H,4,8-10H2,1-3H3. The summed E-state index contributed by atoms with van der Waals surface area (Å²) in [7, 11) is 0. The lowest BCUT2D eigenvalue weighted by atomic mass is 10.0. The molecule has 1 aromatic carbocycles. The van der Waals surface area contributed by atoms with E-state index >= 15 is 0 Å². The van der Waals surface area contributed by atoms with Crippen LogP contribution in [0.5, 0.6) is 0 Å². The van der Waals surface area contributed by atoms with Crippen LogP contribution in [0.2, 0.25) is 0 Å². The maximum absolute atomic E-state index is 12.6. The highest BCUT2D eigenvalue weighted by Gasteiger charge is 2.26. The van der Waals surface area contributed by atoms with E-state index in [2.05, 4.69) is 25.2 Å². The van der Waals surface area contributed by atoms with E-state index in [9.17, 15) is 4.79 Å². The number of rotatable bonds is 3. The van der Waals surface area contributed by atoms with Crippen LogP contribution in [0, 0.1) is 13.8 Å². The first kappa shape index (κ1) is 13.1. The molecule has 1 aliphatic heterocycles. The molecule has 0 aromatic heterocycles. The van der Waals surface area contributed by atoms with Crippen LogP contribution in [-0.4, -0.2) is 36.5 Å². The fraction of sp³-hybridized carbons (Fsp3) is 0.533. The van der Waals surface area contributed by atoms with Crippen molar-refractivity contribution in [3.8, 4) is 0 Å². The molecule has 1 aliphatic rings. The third-order valence-corrected chi connectivity index (χ3v) is 3.91. The number of nitrogens with zero attached hydrogens (tertiary/aromatic N) is 1. The quantitative estimate of drug-likeness (QED) is 0.886. The number of amides is 1. The van der Waals surface area contributed by atoms with Crippen LogP contribution < -0.4 is 5.32 Å². The molecule has 0 bridgehead atoms. The molecule has 1 unspecified atom stereocenters. The summed E-state index contributed by atoms with van der Waals surface area (Å²) in [6.45, 7) is 8.86. The number of aryl methyl sites for hydroxylation is 1. The molecule has 0 saturated carbocycles. The van der Waals surface area contributed by atoms with Crippen molar-refractivity contribution in [3.63, 3.8) is 0 Å². The molecular weight excluding hydrogens is 224 g/mol. The third kappa shape index (κ3) is 2.41. The summed E-state index contributed by atoms with van der Waals surface area (Å²) in [5, 5.41) is 3.33. The van der Waals surface area contributed by atoms with Crippen LogP contribution in [0.15, 0.2) is 18.2 Å². The predicted octanol–water partition coefficient (Wildman–Crippen LogP) is 2.13. The minimum absolute atomic E-state index is 0.174. The van der Waals surface area contributed by atoms with Crippen LogP contribution >= 0.6 is 0 Å². The Hall–Kier alpha value is -1.35. The Morgan fingerprint density at radius 1 is 1.44 bits per heavy atom. The predicted molar refractivity (Wildman–Crippen MR) is 73.9 cm³/mol. The molecule has 2 rings (SSSR count). The molecule has 1 amide bonds. The highest BCUT2D eigenvalue weighted by Crippen LogP contribution is 2.18. The van der Waals surface area contributed by atoms with Gasteiger partial charge in [0, 0.05) is 24.7 Å². The molecule has 1 heterocycles. The van der Waals surface area contributed by atoms with E-state index in [1.807, 2.05) is 24.0 Å². The molecule has 1 saturated heterocycles. The maximum Gasteiger partial charge on any atom is 0.254 e. The van der Waals surface area contributed by atoms with Gasteiger partial charge in [-0.3, -0.25) is 4.79 Å². The molecule has 0 radical (unpaired) electrons. The van der Waals surface area contributed by atoms with Gasteiger partial charge in [-0.25, -0.2) is 0 Å². The second kappa shape index (κ2) is 5.53. The van der Waals surface area contributed by atoms with E-state index in [-0.39, 0.29) is 5.91 Å². The van der Waals surface area contributed by atoms with Gasteiger partial charge in [0.1, 0.15) is 0 Å². The summed E-state index contributed by atoms with van der Waals surface area (Å²) in [4.78, 5) is 14.6. The maximum atomic E-state index is 12.6. The number of nitrogens with one attached hydrogen (secondary N) is 1. The molecule has 98 valence electrons. The SMILES string of the molecule is CCN(C(=O)c1cccc(C)c1C)C1CCNC1. The van der Waals surface area contributed by atoms with Crippen LogP contribution in [-0.2, 0) is 0 Å². The van der Waals surface area contributed by atoms with Gasteiger partial charge in [0.2, 0.25) is 0 Å². The van der Waals surface area contributed by atoms with Gasteiger partial charge in [0.15, 0.2) is 0 Å². The molecule has 1 fully saturated rings. The topological polar surface area (TPSA) is 32.3 Å². The van der Waals surface area contributed by atoms with E-state index in [1.54, 1.807) is 0 Å². The average Bonchev–Trinajstić information content (AvgIpc) is 2.87. The molecule has 1 N–H and O–H groups in total. The van der Waals surface area contributed by atoms with E-state index < -0.39 is 0 Å². The molecule has 3 heteroatoms. The Kier molecular flexibility index (Phi) is 4.02. The van der Waals surface area contributed by atoms with Crippen molar-refractivity contribution in [3.05, 3.63) is 34.9 Å². The Labute approximate surface area is 109 Å². The second-order valence-corrected chi connectivity index (χ2v) is 4.99. The Balaban J connectivity index is 2.25. The van der Waals surface area contributed by atoms with E-state index in [0.717, 1.165) is 37.2 Å². The fourth-order valence-electron chi connectivity index (χ4n) is 2.61. The Morgan fingerprint density at radius 3 is 2.83 bits per heavy atom. The van der Waals surface area contributed by atoms with Gasteiger partial charge in [0.05, 0.1) is 0 Å². The van der Waals surface area contributed by atoms with Crippen LogP contribution in [0.4, 0.5) is 0 Å². The molecule has 0 aliphatic carbocycles. The van der Waals surface area contributed by atoms with E-state index in [4.69, 9.17) is 0 Å². The van der Waals surface area contributed by atoms with Gasteiger partial charge in [-0.05, 0) is 50.9 Å². The van der Waals surface area contributed by atoms with Crippen molar-refractivity contribution in [2.24, 2.45) is 0 Å². The molecule has 1 aromatic rings. The summed E-state index contributed by atoms with van der Waals surface area (Å²) < 4.78 is 0. The van der Waals surface area contributed by atoms with E-state index in [1.165, 1.54) is 5.56 Å². The normalized spacial score (nSPS) is 18.9. The minimum atomic E-state index is 0.174. The summed E-state index contributed by atoms with van der Waals surface area (Å²) in [6.07, 6.45) is 1.06. The van der Waals surface area contributed by atoms with Crippen molar-refractivity contribution in [2.75, 3.05) is 19.6 Å². The van der Waals surface area contributed by atoms with Gasteiger partial charge >= 0.3 is 0 Å². The zero-order valence-corrected chi connectivity index (χ0v) is 11.5. The van der Waals surface area contributed by atoms with Crippen molar-refractivity contribution >= 4 is 5.91 Å². The molecule has 0 spiro atoms. The summed E-state index contributed by atoms with van der Waals surface area (Å²) in [5.41, 5.74) is 3.14. The number of likely N-dealkylation sites (N-methyl/N-ethyl adjacent to an activating group) is 1. The van der Waals surface area contributed by atoms with Gasteiger partial charge in [-0.15, -0.1) is 0 Å². The molecule has 18 heavy (non-hydrogen) atoms. The average molecular weight is 246 g/mol. The first-order valence-corrected chi connectivity index (χ1v) is 6.73. The molecule has 3 nitrogen and oxygen atoms in total. The van der Waals surface area contributed by atoms with Gasteiger partial charge < -0.3 is 10.2 Å². The van der Waals surface area contributed by atoms with Crippen LogP contribution in [0.3, 0.4) is 0 Å². The fourth-order valence-corrected chi connectivity index (χ4v) is 2.61. The minimum Gasteiger partial charge on any atom is -0.335 e. The highest BCUT2D eigenvalue weighted by atomic mass is 16.2. The van der Waals surface area contributed by atoms with Crippen molar-refractivity contribution < 1.29 is 4.79 Å². The largest absolute Gasteiger partial charge is 0.335 e. The Bertz CT molecular complexity index is 436. The number of benzene rings is 1. The van der Waals surface area contributed by atoms with E-state index in [0.29, 0.717) is 6.04 Å². The Morgan fingerprint density at radius 2 is 2.22 bits per heavy atom. The monoisotopic (exact) mass is 246 g/mol. The van der Waals surface area contributed by atoms with Crippen molar-refractivity contribution in [1.29, 1.82) is 0 Å². The smallest absolute Gasteiger partial charge is 0.254 e. The third-order valence-electron chi connectivity index (χ3n) is 3.91. The lowest BCUT2D eigenvalue weighted by molar-refractivity contribution is 0.0703. The first-order chi connectivity index (χ1) is 8.65. The highest BCUT2D eigenvalue weighted by molar-refractivity contribution is 5.96. The zero-order valence-electron chi connectivity index (χ0n) is 11.5. The van der Waals surface area contributed by atoms with Crippen LogP contribution in [0.25, 0.3) is 0 Å². The summed E-state index contributed by atoms with van der Waals surface area (Å²) in [5.74, 6) is 0.174. The first-order valence-electron chi connectivity index (χ1n) is 6.73. The lowest BCUT2D eigenvalue weighted by Gasteiger charge is -2.28.